The van der Waals surface area contributed by atoms with Crippen LogP contribution in [0.3, 0.4) is 0 Å². The van der Waals surface area contributed by atoms with Crippen molar-refractivity contribution in [3.8, 4) is 22.6 Å². The second-order valence-electron chi connectivity index (χ2n) is 9.57. The van der Waals surface area contributed by atoms with Crippen LogP contribution in [0.1, 0.15) is 11.3 Å². The lowest BCUT2D eigenvalue weighted by molar-refractivity contribution is -0.113. The third-order valence-electron chi connectivity index (χ3n) is 7.54. The maximum Gasteiger partial charge on any atom is 0.231 e. The number of ether oxygens (including phenoxy) is 3. The molecule has 3 aliphatic heterocycles. The maximum absolute atomic E-state index is 11.6. The first-order valence-corrected chi connectivity index (χ1v) is 12.4. The fourth-order valence-electron chi connectivity index (χ4n) is 5.78. The SMILES string of the molecule is C=C1C(COC)=C(C(O)C=O)C=C2c3nc4cc5c(cc4c(-c4cccc6ccccc46)c3CN12)OCO5. The lowest BCUT2D eigenvalue weighted by Gasteiger charge is -2.31. The molecule has 0 spiro atoms. The molecule has 0 saturated heterocycles. The molecule has 0 fully saturated rings. The second kappa shape index (κ2) is 8.55. The molecule has 0 bridgehead atoms. The van der Waals surface area contributed by atoms with E-state index in [4.69, 9.17) is 19.2 Å². The monoisotopic (exact) mass is 504 g/mol. The van der Waals surface area contributed by atoms with Crippen molar-refractivity contribution in [1.82, 2.24) is 9.88 Å². The largest absolute Gasteiger partial charge is 0.454 e. The van der Waals surface area contributed by atoms with Crippen LogP contribution >= 0.6 is 0 Å². The van der Waals surface area contributed by atoms with Crippen LogP contribution in [-0.4, -0.2) is 47.9 Å². The van der Waals surface area contributed by atoms with E-state index in [9.17, 15) is 9.90 Å². The lowest BCUT2D eigenvalue weighted by atomic mass is 9.91. The summed E-state index contributed by atoms with van der Waals surface area (Å²) in [5.74, 6) is 1.35. The Labute approximate surface area is 218 Å². The molecule has 1 aromatic heterocycles. The molecule has 0 amide bonds. The van der Waals surface area contributed by atoms with E-state index < -0.39 is 6.10 Å². The van der Waals surface area contributed by atoms with E-state index in [0.29, 0.717) is 41.2 Å². The Morgan fingerprint density at radius 1 is 1.13 bits per heavy atom. The minimum atomic E-state index is -1.29. The standard InChI is InChI=1S/C31H24N2O5/c1-17-24(15-36-2)21(27(35)14-34)10-26-31-23(13-33(17)26)30(20-9-5-7-18-6-3-4-8-19(18)20)22-11-28-29(38-16-37-28)12-25(22)32-31/h3-12,14,27,35H,1,13,15-16H2,2H3. The zero-order valence-corrected chi connectivity index (χ0v) is 20.7. The summed E-state index contributed by atoms with van der Waals surface area (Å²) in [5.41, 5.74) is 7.40. The van der Waals surface area contributed by atoms with Crippen molar-refractivity contribution in [3.63, 3.8) is 0 Å². The molecule has 1 unspecified atom stereocenters. The number of carbonyl (C=O) groups excluding carboxylic acids is 1. The molecular weight excluding hydrogens is 480 g/mol. The van der Waals surface area contributed by atoms with E-state index in [1.165, 1.54) is 0 Å². The van der Waals surface area contributed by atoms with E-state index in [1.54, 1.807) is 7.11 Å². The van der Waals surface area contributed by atoms with Crippen LogP contribution in [0.5, 0.6) is 11.5 Å². The van der Waals surface area contributed by atoms with E-state index in [0.717, 1.165) is 49.8 Å². The highest BCUT2D eigenvalue weighted by Gasteiger charge is 2.37. The molecule has 3 aromatic carbocycles. The van der Waals surface area contributed by atoms with E-state index in [2.05, 4.69) is 41.8 Å². The number of aliphatic hydroxyl groups excluding tert-OH is 1. The van der Waals surface area contributed by atoms with Gasteiger partial charge in [-0.1, -0.05) is 49.0 Å². The van der Waals surface area contributed by atoms with Gasteiger partial charge in [0.05, 0.1) is 30.1 Å². The number of benzene rings is 3. The van der Waals surface area contributed by atoms with Crippen LogP contribution in [-0.2, 0) is 16.1 Å². The van der Waals surface area contributed by atoms with Crippen molar-refractivity contribution in [3.05, 3.63) is 95.4 Å². The summed E-state index contributed by atoms with van der Waals surface area (Å²) < 4.78 is 16.8. The molecule has 0 radical (unpaired) electrons. The van der Waals surface area contributed by atoms with Gasteiger partial charge in [-0.2, -0.15) is 0 Å². The van der Waals surface area contributed by atoms with E-state index >= 15 is 0 Å². The zero-order chi connectivity index (χ0) is 26.0. The van der Waals surface area contributed by atoms with Gasteiger partial charge >= 0.3 is 0 Å². The zero-order valence-electron chi connectivity index (χ0n) is 20.7. The summed E-state index contributed by atoms with van der Waals surface area (Å²) in [5, 5.41) is 13.8. The number of aldehydes is 1. The third kappa shape index (κ3) is 3.22. The van der Waals surface area contributed by atoms with Gasteiger partial charge in [0.25, 0.3) is 0 Å². The Morgan fingerprint density at radius 3 is 2.74 bits per heavy atom. The highest BCUT2D eigenvalue weighted by molar-refractivity contribution is 6.08. The van der Waals surface area contributed by atoms with Crippen LogP contribution in [0, 0.1) is 0 Å². The molecule has 4 heterocycles. The highest BCUT2D eigenvalue weighted by atomic mass is 16.7. The number of aromatic nitrogens is 1. The summed E-state index contributed by atoms with van der Waals surface area (Å²) in [4.78, 5) is 18.8. The summed E-state index contributed by atoms with van der Waals surface area (Å²) in [6.45, 7) is 5.27. The summed E-state index contributed by atoms with van der Waals surface area (Å²) in [6, 6.07) is 18.6. The molecule has 1 N–H and O–H groups in total. The molecule has 7 rings (SSSR count). The summed E-state index contributed by atoms with van der Waals surface area (Å²) in [7, 11) is 1.58. The number of methoxy groups -OCH3 is 1. The van der Waals surface area contributed by atoms with Gasteiger partial charge in [-0.3, -0.25) is 0 Å². The van der Waals surface area contributed by atoms with Gasteiger partial charge in [0, 0.05) is 35.4 Å². The molecule has 0 aliphatic carbocycles. The van der Waals surface area contributed by atoms with Crippen LogP contribution in [0.2, 0.25) is 0 Å². The van der Waals surface area contributed by atoms with Gasteiger partial charge in [-0.25, -0.2) is 4.98 Å². The van der Waals surface area contributed by atoms with Crippen LogP contribution in [0.4, 0.5) is 0 Å². The molecule has 7 nitrogen and oxygen atoms in total. The molecule has 3 aliphatic rings. The molecule has 188 valence electrons. The first-order valence-electron chi connectivity index (χ1n) is 12.4. The molecule has 38 heavy (non-hydrogen) atoms. The molecule has 1 atom stereocenters. The summed E-state index contributed by atoms with van der Waals surface area (Å²) >= 11 is 0. The highest BCUT2D eigenvalue weighted by Crippen LogP contribution is 2.49. The van der Waals surface area contributed by atoms with Gasteiger partial charge in [0.2, 0.25) is 6.79 Å². The Bertz CT molecular complexity index is 1750. The number of aliphatic hydroxyl groups is 1. The fourth-order valence-corrected chi connectivity index (χ4v) is 5.78. The molecule has 0 saturated carbocycles. The maximum atomic E-state index is 11.6. The molecular formula is C31H24N2O5. The van der Waals surface area contributed by atoms with Gasteiger partial charge in [-0.05, 0) is 39.6 Å². The minimum absolute atomic E-state index is 0.174. The van der Waals surface area contributed by atoms with Gasteiger partial charge in [0.15, 0.2) is 17.8 Å². The van der Waals surface area contributed by atoms with Gasteiger partial charge in [0.1, 0.15) is 6.10 Å². The predicted octanol–water partition coefficient (Wildman–Crippen LogP) is 4.97. The second-order valence-corrected chi connectivity index (χ2v) is 9.57. The number of fused-ring (bicyclic) bond motifs is 6. The van der Waals surface area contributed by atoms with Crippen LogP contribution in [0.15, 0.2) is 84.1 Å². The minimum Gasteiger partial charge on any atom is -0.454 e. The van der Waals surface area contributed by atoms with Crippen molar-refractivity contribution in [1.29, 1.82) is 0 Å². The van der Waals surface area contributed by atoms with Crippen LogP contribution < -0.4 is 9.47 Å². The number of rotatable bonds is 5. The Hall–Kier alpha value is -4.46. The molecule has 7 heteroatoms. The van der Waals surface area contributed by atoms with Gasteiger partial charge < -0.3 is 29.0 Å². The Kier molecular flexibility index (Phi) is 5.11. The third-order valence-corrected chi connectivity index (χ3v) is 7.54. The van der Waals surface area contributed by atoms with E-state index in [1.807, 2.05) is 30.3 Å². The predicted molar refractivity (Wildman–Crippen MR) is 144 cm³/mol. The average Bonchev–Trinajstić information content (AvgIpc) is 3.55. The number of carbonyl (C=O) groups is 1. The van der Waals surface area contributed by atoms with Crippen molar-refractivity contribution in [2.24, 2.45) is 0 Å². The topological polar surface area (TPSA) is 81.1 Å². The fraction of sp³-hybridized carbons (Fsp3) is 0.161. The first-order chi connectivity index (χ1) is 18.6. The molecule has 4 aromatic rings. The van der Waals surface area contributed by atoms with Crippen molar-refractivity contribution in [2.45, 2.75) is 12.6 Å². The smallest absolute Gasteiger partial charge is 0.231 e. The van der Waals surface area contributed by atoms with Crippen molar-refractivity contribution < 1.29 is 24.1 Å². The number of nitrogens with zero attached hydrogens (tertiary/aromatic N) is 2. The van der Waals surface area contributed by atoms with E-state index in [-0.39, 0.29) is 13.4 Å². The lowest BCUT2D eigenvalue weighted by Crippen LogP contribution is -2.26. The van der Waals surface area contributed by atoms with Crippen LogP contribution in [0.25, 0.3) is 38.5 Å². The van der Waals surface area contributed by atoms with Crippen molar-refractivity contribution in [2.75, 3.05) is 20.5 Å². The van der Waals surface area contributed by atoms with Gasteiger partial charge in [-0.15, -0.1) is 0 Å². The quantitative estimate of drug-likeness (QED) is 0.385. The first kappa shape index (κ1) is 22.7. The average molecular weight is 505 g/mol. The number of pyridine rings is 1. The number of hydrogen-bond donors (Lipinski definition) is 1. The Morgan fingerprint density at radius 2 is 1.92 bits per heavy atom. The normalized spacial score (nSPS) is 16.6. The number of hydrogen-bond acceptors (Lipinski definition) is 7. The Balaban J connectivity index is 1.55. The van der Waals surface area contributed by atoms with Crippen molar-refractivity contribution >= 4 is 33.7 Å². The summed E-state index contributed by atoms with van der Waals surface area (Å²) in [6.07, 6.45) is 1.08.